The summed E-state index contributed by atoms with van der Waals surface area (Å²) in [6, 6.07) is 11.8. The van der Waals surface area contributed by atoms with E-state index in [4.69, 9.17) is 9.26 Å². The van der Waals surface area contributed by atoms with Crippen LogP contribution in [0.4, 0.5) is 13.2 Å². The molecule has 2 N–H and O–H groups in total. The molecule has 0 radical (unpaired) electrons. The van der Waals surface area contributed by atoms with Crippen LogP contribution in [0.2, 0.25) is 0 Å². The summed E-state index contributed by atoms with van der Waals surface area (Å²) in [6.07, 6.45) is -2.19. The molecule has 0 aliphatic heterocycles. The van der Waals surface area contributed by atoms with Crippen molar-refractivity contribution < 1.29 is 22.4 Å². The van der Waals surface area contributed by atoms with Gasteiger partial charge in [0.15, 0.2) is 18.4 Å². The predicted molar refractivity (Wildman–Crippen MR) is 127 cm³/mol. The first-order valence-corrected chi connectivity index (χ1v) is 9.97. The van der Waals surface area contributed by atoms with E-state index in [0.717, 1.165) is 5.56 Å². The Bertz CT molecular complexity index is 997. The number of nitrogens with zero attached hydrogens (tertiary/aromatic N) is 4. The molecule has 0 aliphatic carbocycles. The highest BCUT2D eigenvalue weighted by Gasteiger charge is 2.28. The standard InChI is InChI=1S/C21H23F3N6O2.HI/c1-2-25-20(28-13-15-6-8-16(9-7-15)31-14-21(22,23)24)27-12-10-18-29-19(32-30-18)17-5-3-4-11-26-17;/h3-9,11H,2,10,12-14H2,1H3,(H2,25,27,28);1H. The Labute approximate surface area is 206 Å². The number of guanidine groups is 1. The molecule has 3 rings (SSSR count). The highest BCUT2D eigenvalue weighted by Crippen LogP contribution is 2.19. The van der Waals surface area contributed by atoms with Crippen LogP contribution in [0, 0.1) is 0 Å². The summed E-state index contributed by atoms with van der Waals surface area (Å²) >= 11 is 0. The van der Waals surface area contributed by atoms with Crippen molar-refractivity contribution in [1.82, 2.24) is 25.8 Å². The minimum Gasteiger partial charge on any atom is -0.484 e. The lowest BCUT2D eigenvalue weighted by molar-refractivity contribution is -0.153. The zero-order valence-corrected chi connectivity index (χ0v) is 20.1. The van der Waals surface area contributed by atoms with Crippen LogP contribution in [0.5, 0.6) is 5.75 Å². The van der Waals surface area contributed by atoms with Gasteiger partial charge in [0.1, 0.15) is 11.4 Å². The predicted octanol–water partition coefficient (Wildman–Crippen LogP) is 3.99. The Morgan fingerprint density at radius 3 is 2.58 bits per heavy atom. The van der Waals surface area contributed by atoms with Crippen molar-refractivity contribution in [2.24, 2.45) is 4.99 Å². The second-order valence-electron chi connectivity index (χ2n) is 6.65. The van der Waals surface area contributed by atoms with E-state index < -0.39 is 12.8 Å². The summed E-state index contributed by atoms with van der Waals surface area (Å²) in [4.78, 5) is 13.0. The number of hydrogen-bond acceptors (Lipinski definition) is 6. The first-order chi connectivity index (χ1) is 15.4. The van der Waals surface area contributed by atoms with Crippen molar-refractivity contribution in [3.63, 3.8) is 0 Å². The van der Waals surface area contributed by atoms with Gasteiger partial charge in [-0.1, -0.05) is 23.4 Å². The maximum absolute atomic E-state index is 12.2. The number of ether oxygens (including phenoxy) is 1. The number of alkyl halides is 3. The molecule has 0 amide bonds. The van der Waals surface area contributed by atoms with Crippen LogP contribution in [-0.4, -0.2) is 47.0 Å². The van der Waals surface area contributed by atoms with E-state index in [-0.39, 0.29) is 29.7 Å². The molecule has 2 aromatic heterocycles. The van der Waals surface area contributed by atoms with E-state index in [9.17, 15) is 13.2 Å². The Kier molecular flexibility index (Phi) is 10.4. The molecule has 0 aliphatic rings. The molecule has 2 heterocycles. The van der Waals surface area contributed by atoms with Gasteiger partial charge in [0, 0.05) is 25.7 Å². The van der Waals surface area contributed by atoms with Crippen molar-refractivity contribution in [1.29, 1.82) is 0 Å². The summed E-state index contributed by atoms with van der Waals surface area (Å²) in [7, 11) is 0. The minimum atomic E-state index is -4.36. The SMILES string of the molecule is CCNC(=NCc1ccc(OCC(F)(F)F)cc1)NCCc1noc(-c2ccccn2)n1.I. The molecular formula is C21H24F3IN6O2. The van der Waals surface area contributed by atoms with E-state index in [2.05, 4.69) is 30.8 Å². The fourth-order valence-corrected chi connectivity index (χ4v) is 2.61. The van der Waals surface area contributed by atoms with E-state index >= 15 is 0 Å². The van der Waals surface area contributed by atoms with Crippen LogP contribution >= 0.6 is 24.0 Å². The van der Waals surface area contributed by atoms with Crippen LogP contribution in [0.1, 0.15) is 18.3 Å². The maximum atomic E-state index is 12.2. The summed E-state index contributed by atoms with van der Waals surface area (Å²) in [6.45, 7) is 2.17. The summed E-state index contributed by atoms with van der Waals surface area (Å²) in [5, 5.41) is 10.3. The molecule has 0 saturated heterocycles. The molecule has 0 atom stereocenters. The zero-order valence-electron chi connectivity index (χ0n) is 17.8. The third-order valence-electron chi connectivity index (χ3n) is 4.08. The number of aliphatic imine (C=N–C) groups is 1. The lowest BCUT2D eigenvalue weighted by Gasteiger charge is -2.11. The first-order valence-electron chi connectivity index (χ1n) is 9.97. The highest BCUT2D eigenvalue weighted by atomic mass is 127. The average Bonchev–Trinajstić information content (AvgIpc) is 3.26. The maximum Gasteiger partial charge on any atom is 0.422 e. The Hall–Kier alpha value is -2.90. The van der Waals surface area contributed by atoms with Crippen LogP contribution in [0.3, 0.4) is 0 Å². The molecule has 0 spiro atoms. The molecule has 33 heavy (non-hydrogen) atoms. The van der Waals surface area contributed by atoms with Crippen LogP contribution in [-0.2, 0) is 13.0 Å². The number of benzene rings is 1. The van der Waals surface area contributed by atoms with Gasteiger partial charge < -0.3 is 19.9 Å². The molecule has 0 bridgehead atoms. The fourth-order valence-electron chi connectivity index (χ4n) is 2.61. The zero-order chi connectivity index (χ0) is 22.8. The number of aromatic nitrogens is 3. The van der Waals surface area contributed by atoms with Gasteiger partial charge in [-0.25, -0.2) is 4.99 Å². The summed E-state index contributed by atoms with van der Waals surface area (Å²) in [5.74, 6) is 1.66. The van der Waals surface area contributed by atoms with Crippen molar-refractivity contribution in [3.8, 4) is 17.3 Å². The van der Waals surface area contributed by atoms with Gasteiger partial charge in [-0.3, -0.25) is 4.98 Å². The van der Waals surface area contributed by atoms with Gasteiger partial charge in [0.05, 0.1) is 6.54 Å². The van der Waals surface area contributed by atoms with Gasteiger partial charge in [-0.05, 0) is 36.8 Å². The van der Waals surface area contributed by atoms with Crippen LogP contribution in [0.25, 0.3) is 11.6 Å². The van der Waals surface area contributed by atoms with E-state index in [0.29, 0.717) is 49.4 Å². The molecule has 178 valence electrons. The van der Waals surface area contributed by atoms with E-state index in [1.165, 1.54) is 12.1 Å². The van der Waals surface area contributed by atoms with Crippen molar-refractivity contribution in [2.45, 2.75) is 26.1 Å². The number of nitrogens with one attached hydrogen (secondary N) is 2. The number of rotatable bonds is 9. The Morgan fingerprint density at radius 1 is 1.12 bits per heavy atom. The monoisotopic (exact) mass is 576 g/mol. The Balaban J connectivity index is 0.00000385. The third-order valence-corrected chi connectivity index (χ3v) is 4.08. The van der Waals surface area contributed by atoms with Gasteiger partial charge in [-0.15, -0.1) is 24.0 Å². The molecule has 0 saturated carbocycles. The average molecular weight is 576 g/mol. The third kappa shape index (κ3) is 9.24. The fraction of sp³-hybridized carbons (Fsp3) is 0.333. The first kappa shape index (κ1) is 26.4. The topological polar surface area (TPSA) is 97.5 Å². The highest BCUT2D eigenvalue weighted by molar-refractivity contribution is 14.0. The second kappa shape index (κ2) is 13.0. The van der Waals surface area contributed by atoms with Gasteiger partial charge in [0.2, 0.25) is 0 Å². The van der Waals surface area contributed by atoms with E-state index in [1.54, 1.807) is 24.4 Å². The molecule has 1 aromatic carbocycles. The molecule has 12 heteroatoms. The summed E-state index contributed by atoms with van der Waals surface area (Å²) < 4.78 is 46.6. The molecule has 3 aromatic rings. The summed E-state index contributed by atoms with van der Waals surface area (Å²) in [5.41, 5.74) is 1.45. The Morgan fingerprint density at radius 2 is 1.91 bits per heavy atom. The van der Waals surface area contributed by atoms with Crippen molar-refractivity contribution in [2.75, 3.05) is 19.7 Å². The molecular weight excluding hydrogens is 552 g/mol. The van der Waals surface area contributed by atoms with Gasteiger partial charge >= 0.3 is 6.18 Å². The molecule has 0 unspecified atom stereocenters. The van der Waals surface area contributed by atoms with Gasteiger partial charge in [-0.2, -0.15) is 18.2 Å². The smallest absolute Gasteiger partial charge is 0.422 e. The largest absolute Gasteiger partial charge is 0.484 e. The van der Waals surface area contributed by atoms with Crippen LogP contribution < -0.4 is 15.4 Å². The lowest BCUT2D eigenvalue weighted by Crippen LogP contribution is -2.38. The van der Waals surface area contributed by atoms with Crippen LogP contribution in [0.15, 0.2) is 58.2 Å². The van der Waals surface area contributed by atoms with Gasteiger partial charge in [0.25, 0.3) is 5.89 Å². The molecule has 0 fully saturated rings. The number of pyridine rings is 1. The van der Waals surface area contributed by atoms with E-state index in [1.807, 2.05) is 19.1 Å². The quantitative estimate of drug-likeness (QED) is 0.226. The van der Waals surface area contributed by atoms with Crippen molar-refractivity contribution >= 4 is 29.9 Å². The number of halogens is 4. The number of hydrogen-bond donors (Lipinski definition) is 2. The second-order valence-corrected chi connectivity index (χ2v) is 6.65. The minimum absolute atomic E-state index is 0. The lowest BCUT2D eigenvalue weighted by atomic mass is 10.2. The normalized spacial score (nSPS) is 11.6. The molecule has 8 nitrogen and oxygen atoms in total. The van der Waals surface area contributed by atoms with Crippen molar-refractivity contribution in [3.05, 3.63) is 60.0 Å².